The van der Waals surface area contributed by atoms with E-state index in [-0.39, 0.29) is 6.04 Å². The molecule has 0 bridgehead atoms. The second-order valence-electron chi connectivity index (χ2n) is 4.41. The van der Waals surface area contributed by atoms with Gasteiger partial charge in [-0.05, 0) is 30.7 Å². The molecule has 0 aliphatic carbocycles. The summed E-state index contributed by atoms with van der Waals surface area (Å²) in [5.74, 6) is 1.94. The van der Waals surface area contributed by atoms with E-state index in [2.05, 4.69) is 0 Å². The second kappa shape index (κ2) is 5.50. The lowest BCUT2D eigenvalue weighted by atomic mass is 10.3. The lowest BCUT2D eigenvalue weighted by molar-refractivity contribution is 0.395. The highest BCUT2D eigenvalue weighted by atomic mass is 32.2. The molecule has 1 aromatic rings. The highest BCUT2D eigenvalue weighted by molar-refractivity contribution is 7.99. The number of nitrogens with two attached hydrogens (primary N) is 1. The Kier molecular flexibility index (Phi) is 4.38. The molecule has 0 radical (unpaired) electrons. The zero-order valence-corrected chi connectivity index (χ0v) is 13.0. The predicted molar refractivity (Wildman–Crippen MR) is 77.6 cm³/mol. The maximum Gasteiger partial charge on any atom is 0.252 e. The molecule has 18 heavy (non-hydrogen) atoms. The standard InChI is InChI=1S/C11H18N2O2S3/c1-8-5-11(17-10(8)6-12)18(14,15)13(2)9-3-4-16-7-9/h5,9H,3-4,6-7,12H2,1-2H3. The van der Waals surface area contributed by atoms with Gasteiger partial charge in [-0.3, -0.25) is 0 Å². The summed E-state index contributed by atoms with van der Waals surface area (Å²) < 4.78 is 26.9. The Morgan fingerprint density at radius 1 is 1.56 bits per heavy atom. The van der Waals surface area contributed by atoms with Gasteiger partial charge in [0.05, 0.1) is 0 Å². The predicted octanol–water partition coefficient (Wildman–Crippen LogP) is 1.64. The Morgan fingerprint density at radius 2 is 2.28 bits per heavy atom. The topological polar surface area (TPSA) is 63.4 Å². The molecule has 102 valence electrons. The Bertz CT molecular complexity index is 518. The summed E-state index contributed by atoms with van der Waals surface area (Å²) in [6.45, 7) is 2.30. The maximum atomic E-state index is 12.5. The van der Waals surface area contributed by atoms with Gasteiger partial charge in [0.1, 0.15) is 4.21 Å². The van der Waals surface area contributed by atoms with Crippen LogP contribution in [0.15, 0.2) is 10.3 Å². The van der Waals surface area contributed by atoms with Gasteiger partial charge in [0, 0.05) is 30.3 Å². The van der Waals surface area contributed by atoms with Gasteiger partial charge in [0.2, 0.25) is 0 Å². The Morgan fingerprint density at radius 3 is 2.78 bits per heavy atom. The van der Waals surface area contributed by atoms with Gasteiger partial charge in [0.15, 0.2) is 0 Å². The number of aryl methyl sites for hydroxylation is 1. The van der Waals surface area contributed by atoms with Crippen molar-refractivity contribution in [2.45, 2.75) is 30.1 Å². The Balaban J connectivity index is 2.28. The monoisotopic (exact) mass is 306 g/mol. The minimum absolute atomic E-state index is 0.128. The van der Waals surface area contributed by atoms with E-state index in [4.69, 9.17) is 5.73 Å². The normalized spacial score (nSPS) is 20.8. The number of sulfonamides is 1. The van der Waals surface area contributed by atoms with Crippen molar-refractivity contribution in [1.82, 2.24) is 4.31 Å². The quantitative estimate of drug-likeness (QED) is 0.918. The molecule has 0 amide bonds. The van der Waals surface area contributed by atoms with Gasteiger partial charge >= 0.3 is 0 Å². The van der Waals surface area contributed by atoms with Crippen LogP contribution >= 0.6 is 23.1 Å². The number of nitrogens with zero attached hydrogens (tertiary/aromatic N) is 1. The van der Waals surface area contributed by atoms with Gasteiger partial charge in [-0.1, -0.05) is 0 Å². The Hall–Kier alpha value is -0.0800. The van der Waals surface area contributed by atoms with Crippen molar-refractivity contribution in [3.05, 3.63) is 16.5 Å². The minimum atomic E-state index is -3.35. The van der Waals surface area contributed by atoms with Crippen molar-refractivity contribution >= 4 is 33.1 Å². The fourth-order valence-corrected chi connectivity index (χ4v) is 6.37. The molecule has 1 aliphatic heterocycles. The molecule has 1 saturated heterocycles. The van der Waals surface area contributed by atoms with E-state index in [0.29, 0.717) is 10.8 Å². The summed E-state index contributed by atoms with van der Waals surface area (Å²) in [6.07, 6.45) is 0.939. The van der Waals surface area contributed by atoms with E-state index >= 15 is 0 Å². The smallest absolute Gasteiger partial charge is 0.252 e. The molecule has 1 aromatic heterocycles. The first-order chi connectivity index (χ1) is 8.46. The number of thiophene rings is 1. The highest BCUT2D eigenvalue weighted by Crippen LogP contribution is 2.31. The van der Waals surface area contributed by atoms with E-state index in [9.17, 15) is 8.42 Å². The summed E-state index contributed by atoms with van der Waals surface area (Å²) in [4.78, 5) is 0.947. The third-order valence-electron chi connectivity index (χ3n) is 3.24. The molecule has 2 rings (SSSR count). The van der Waals surface area contributed by atoms with Crippen molar-refractivity contribution in [3.8, 4) is 0 Å². The van der Waals surface area contributed by atoms with E-state index < -0.39 is 10.0 Å². The fraction of sp³-hybridized carbons (Fsp3) is 0.636. The van der Waals surface area contributed by atoms with Crippen LogP contribution in [0.1, 0.15) is 16.9 Å². The first-order valence-electron chi connectivity index (χ1n) is 5.82. The van der Waals surface area contributed by atoms with Gasteiger partial charge in [0.25, 0.3) is 10.0 Å². The maximum absolute atomic E-state index is 12.5. The van der Waals surface area contributed by atoms with Crippen LogP contribution in [0.2, 0.25) is 0 Å². The van der Waals surface area contributed by atoms with Crippen LogP contribution < -0.4 is 5.73 Å². The number of hydrogen-bond acceptors (Lipinski definition) is 5. The van der Waals surface area contributed by atoms with Crippen LogP contribution in [-0.2, 0) is 16.6 Å². The first-order valence-corrected chi connectivity index (χ1v) is 9.23. The second-order valence-corrected chi connectivity index (χ2v) is 8.93. The molecule has 2 N–H and O–H groups in total. The van der Waals surface area contributed by atoms with Crippen LogP contribution in [0.25, 0.3) is 0 Å². The lowest BCUT2D eigenvalue weighted by Crippen LogP contribution is -2.36. The van der Waals surface area contributed by atoms with Gasteiger partial charge in [-0.15, -0.1) is 11.3 Å². The molecule has 0 aromatic carbocycles. The van der Waals surface area contributed by atoms with E-state index in [0.717, 1.165) is 28.4 Å². The molecular weight excluding hydrogens is 288 g/mol. The van der Waals surface area contributed by atoms with Crippen LogP contribution in [0.4, 0.5) is 0 Å². The van der Waals surface area contributed by atoms with E-state index in [1.165, 1.54) is 15.6 Å². The molecule has 1 unspecified atom stereocenters. The van der Waals surface area contributed by atoms with E-state index in [1.54, 1.807) is 13.1 Å². The SMILES string of the molecule is Cc1cc(S(=O)(=O)N(C)C2CCSC2)sc1CN. The fourth-order valence-electron chi connectivity index (χ4n) is 1.97. The lowest BCUT2D eigenvalue weighted by Gasteiger charge is -2.22. The van der Waals surface area contributed by atoms with Gasteiger partial charge in [-0.25, -0.2) is 8.42 Å². The Labute approximate surface area is 117 Å². The summed E-state index contributed by atoms with van der Waals surface area (Å²) >= 11 is 3.10. The van der Waals surface area contributed by atoms with Gasteiger partial charge < -0.3 is 5.73 Å². The number of thioether (sulfide) groups is 1. The summed E-state index contributed by atoms with van der Waals surface area (Å²) in [6, 6.07) is 1.87. The summed E-state index contributed by atoms with van der Waals surface area (Å²) in [7, 11) is -1.67. The molecule has 1 fully saturated rings. The third-order valence-corrected chi connectivity index (χ3v) is 8.00. The molecular formula is C11H18N2O2S3. The molecule has 2 heterocycles. The van der Waals surface area contributed by atoms with Crippen LogP contribution in [0.3, 0.4) is 0 Å². The molecule has 1 aliphatic rings. The van der Waals surface area contributed by atoms with E-state index in [1.807, 2.05) is 18.7 Å². The molecule has 0 spiro atoms. The zero-order chi connectivity index (χ0) is 13.3. The number of rotatable bonds is 4. The van der Waals surface area contributed by atoms with Crippen LogP contribution in [0.5, 0.6) is 0 Å². The van der Waals surface area contributed by atoms with Crippen molar-refractivity contribution in [1.29, 1.82) is 0 Å². The van der Waals surface area contributed by atoms with Crippen LogP contribution in [-0.4, -0.2) is 37.3 Å². The first kappa shape index (κ1) is 14.3. The average molecular weight is 306 g/mol. The van der Waals surface area contributed by atoms with Crippen molar-refractivity contribution < 1.29 is 8.42 Å². The molecule has 4 nitrogen and oxygen atoms in total. The molecule has 7 heteroatoms. The minimum Gasteiger partial charge on any atom is -0.326 e. The van der Waals surface area contributed by atoms with Crippen molar-refractivity contribution in [2.24, 2.45) is 5.73 Å². The van der Waals surface area contributed by atoms with Crippen molar-refractivity contribution in [3.63, 3.8) is 0 Å². The average Bonchev–Trinajstić information content (AvgIpc) is 2.96. The van der Waals surface area contributed by atoms with Crippen LogP contribution in [0, 0.1) is 6.92 Å². The largest absolute Gasteiger partial charge is 0.326 e. The summed E-state index contributed by atoms with van der Waals surface area (Å²) in [5.41, 5.74) is 6.57. The van der Waals surface area contributed by atoms with Gasteiger partial charge in [-0.2, -0.15) is 16.1 Å². The zero-order valence-electron chi connectivity index (χ0n) is 10.5. The van der Waals surface area contributed by atoms with Crippen molar-refractivity contribution in [2.75, 3.05) is 18.6 Å². The number of hydrogen-bond donors (Lipinski definition) is 1. The molecule has 0 saturated carbocycles. The highest BCUT2D eigenvalue weighted by Gasteiger charge is 2.31. The molecule has 1 atom stereocenters. The third kappa shape index (κ3) is 2.60. The summed E-state index contributed by atoms with van der Waals surface area (Å²) in [5, 5.41) is 0.